The van der Waals surface area contributed by atoms with Crippen molar-refractivity contribution < 1.29 is 0 Å². The average molecular weight is 667 g/mol. The monoisotopic (exact) mass is 666 g/mol. The van der Waals surface area contributed by atoms with E-state index in [4.69, 9.17) is 9.97 Å². The molecule has 248 valence electrons. The largest absolute Gasteiger partial charge is 0.228 e. The summed E-state index contributed by atoms with van der Waals surface area (Å²) in [6, 6.07) is 61.6. The van der Waals surface area contributed by atoms with Gasteiger partial charge in [-0.1, -0.05) is 165 Å². The predicted molar refractivity (Wildman–Crippen MR) is 216 cm³/mol. The highest BCUT2D eigenvalue weighted by Crippen LogP contribution is 2.58. The van der Waals surface area contributed by atoms with E-state index in [0.29, 0.717) is 0 Å². The summed E-state index contributed by atoms with van der Waals surface area (Å²) in [5.74, 6) is 0.730. The minimum atomic E-state index is 0.109. The zero-order valence-corrected chi connectivity index (χ0v) is 29.1. The predicted octanol–water partition coefficient (Wildman–Crippen LogP) is 13.2. The number of hydrogen-bond donors (Lipinski definition) is 0. The van der Waals surface area contributed by atoms with Gasteiger partial charge in [-0.3, -0.25) is 0 Å². The van der Waals surface area contributed by atoms with Gasteiger partial charge in [-0.15, -0.1) is 0 Å². The van der Waals surface area contributed by atoms with E-state index in [0.717, 1.165) is 33.9 Å². The zero-order chi connectivity index (χ0) is 34.5. The van der Waals surface area contributed by atoms with E-state index in [2.05, 4.69) is 146 Å². The molecule has 2 aliphatic rings. The van der Waals surface area contributed by atoms with E-state index in [1.807, 2.05) is 24.3 Å². The summed E-state index contributed by atoms with van der Waals surface area (Å²) in [6.07, 6.45) is 6.37. The third kappa shape index (κ3) is 5.17. The van der Waals surface area contributed by atoms with Crippen molar-refractivity contribution in [3.05, 3.63) is 181 Å². The third-order valence-corrected chi connectivity index (χ3v) is 11.5. The van der Waals surface area contributed by atoms with E-state index in [1.165, 1.54) is 87.4 Å². The van der Waals surface area contributed by atoms with Crippen molar-refractivity contribution in [3.63, 3.8) is 0 Å². The lowest BCUT2D eigenvalue weighted by Gasteiger charge is -2.36. The molecule has 1 spiro atoms. The standard InChI is InChI=1S/C50H38N2/c1-4-14-35(15-5-1)46-33-47(52-49(51-46)37-16-6-2-7-17-37)36-26-24-34(25-27-36)38-20-12-21-41(30-38)42-22-13-23-44-48(42)43-31-39-18-8-9-19-40(39)32-45(43)50(44)28-10-3-11-29-50/h1-2,4-9,12-27,30-33H,3,10-11,28-29H2. The fourth-order valence-electron chi connectivity index (χ4n) is 8.93. The van der Waals surface area contributed by atoms with Gasteiger partial charge in [0.05, 0.1) is 11.4 Å². The van der Waals surface area contributed by atoms with Gasteiger partial charge in [0.25, 0.3) is 0 Å². The first-order valence-corrected chi connectivity index (χ1v) is 18.6. The molecule has 1 fully saturated rings. The van der Waals surface area contributed by atoms with Crippen molar-refractivity contribution in [2.24, 2.45) is 0 Å². The molecule has 1 aromatic heterocycles. The molecule has 0 N–H and O–H groups in total. The Morgan fingerprint density at radius 2 is 0.942 bits per heavy atom. The minimum absolute atomic E-state index is 0.109. The summed E-state index contributed by atoms with van der Waals surface area (Å²) < 4.78 is 0. The van der Waals surface area contributed by atoms with E-state index in [9.17, 15) is 0 Å². The summed E-state index contributed by atoms with van der Waals surface area (Å²) in [5.41, 5.74) is 16.0. The highest BCUT2D eigenvalue weighted by molar-refractivity contribution is 5.99. The van der Waals surface area contributed by atoms with Gasteiger partial charge in [0, 0.05) is 22.1 Å². The molecular weight excluding hydrogens is 629 g/mol. The Kier molecular flexibility index (Phi) is 7.42. The molecule has 52 heavy (non-hydrogen) atoms. The summed E-state index contributed by atoms with van der Waals surface area (Å²) in [6.45, 7) is 0. The van der Waals surface area contributed by atoms with Crippen LogP contribution in [0.25, 0.3) is 78.1 Å². The molecule has 2 nitrogen and oxygen atoms in total. The number of fused-ring (bicyclic) bond motifs is 6. The summed E-state index contributed by atoms with van der Waals surface area (Å²) in [5, 5.41) is 2.67. The second-order valence-corrected chi connectivity index (χ2v) is 14.5. The molecule has 0 bridgehead atoms. The molecule has 0 radical (unpaired) electrons. The second kappa shape index (κ2) is 12.6. The highest BCUT2D eigenvalue weighted by atomic mass is 14.9. The number of rotatable bonds is 5. The Balaban J connectivity index is 1.04. The van der Waals surface area contributed by atoms with Gasteiger partial charge < -0.3 is 0 Å². The molecule has 0 aliphatic heterocycles. The minimum Gasteiger partial charge on any atom is -0.228 e. The maximum Gasteiger partial charge on any atom is 0.160 e. The maximum absolute atomic E-state index is 5.05. The molecule has 8 aromatic rings. The molecule has 7 aromatic carbocycles. The Bertz CT molecular complexity index is 2520. The van der Waals surface area contributed by atoms with Crippen molar-refractivity contribution in [2.75, 3.05) is 0 Å². The third-order valence-electron chi connectivity index (χ3n) is 11.5. The molecule has 1 saturated carbocycles. The van der Waals surface area contributed by atoms with Crippen LogP contribution in [-0.2, 0) is 5.41 Å². The molecule has 2 heteroatoms. The van der Waals surface area contributed by atoms with Crippen LogP contribution in [0, 0.1) is 0 Å². The maximum atomic E-state index is 5.05. The molecule has 2 aliphatic carbocycles. The van der Waals surface area contributed by atoms with Crippen LogP contribution in [-0.4, -0.2) is 9.97 Å². The Hall–Kier alpha value is -6.12. The molecule has 10 rings (SSSR count). The van der Waals surface area contributed by atoms with Crippen molar-refractivity contribution in [3.8, 4) is 67.3 Å². The lowest BCUT2D eigenvalue weighted by Crippen LogP contribution is -2.28. The Morgan fingerprint density at radius 3 is 1.67 bits per heavy atom. The Morgan fingerprint density at radius 1 is 0.365 bits per heavy atom. The van der Waals surface area contributed by atoms with Gasteiger partial charge in [0.2, 0.25) is 0 Å². The molecule has 0 saturated heterocycles. The molecule has 1 heterocycles. The van der Waals surface area contributed by atoms with Crippen molar-refractivity contribution in [1.82, 2.24) is 9.97 Å². The zero-order valence-electron chi connectivity index (χ0n) is 29.1. The van der Waals surface area contributed by atoms with Crippen LogP contribution in [0.2, 0.25) is 0 Å². The van der Waals surface area contributed by atoms with Crippen LogP contribution in [0.1, 0.15) is 43.2 Å². The number of nitrogens with zero attached hydrogens (tertiary/aromatic N) is 2. The molecule has 0 atom stereocenters. The van der Waals surface area contributed by atoms with Crippen LogP contribution in [0.4, 0.5) is 0 Å². The molecule has 0 unspecified atom stereocenters. The Labute approximate surface area is 305 Å². The quantitative estimate of drug-likeness (QED) is 0.183. The van der Waals surface area contributed by atoms with Crippen molar-refractivity contribution in [2.45, 2.75) is 37.5 Å². The first kappa shape index (κ1) is 30.7. The first-order valence-electron chi connectivity index (χ1n) is 18.6. The van der Waals surface area contributed by atoms with E-state index >= 15 is 0 Å². The smallest absolute Gasteiger partial charge is 0.160 e. The van der Waals surface area contributed by atoms with Gasteiger partial charge in [-0.25, -0.2) is 9.97 Å². The van der Waals surface area contributed by atoms with E-state index in [1.54, 1.807) is 0 Å². The fourth-order valence-corrected chi connectivity index (χ4v) is 8.93. The van der Waals surface area contributed by atoms with E-state index in [-0.39, 0.29) is 5.41 Å². The van der Waals surface area contributed by atoms with Gasteiger partial charge in [0.15, 0.2) is 5.82 Å². The summed E-state index contributed by atoms with van der Waals surface area (Å²) >= 11 is 0. The second-order valence-electron chi connectivity index (χ2n) is 14.5. The van der Waals surface area contributed by atoms with Gasteiger partial charge in [-0.05, 0) is 92.4 Å². The van der Waals surface area contributed by atoms with Gasteiger partial charge in [-0.2, -0.15) is 0 Å². The molecule has 0 amide bonds. The topological polar surface area (TPSA) is 25.8 Å². The first-order chi connectivity index (χ1) is 25.7. The number of aromatic nitrogens is 2. The van der Waals surface area contributed by atoms with Crippen LogP contribution in [0.5, 0.6) is 0 Å². The normalized spacial score (nSPS) is 14.3. The lowest BCUT2D eigenvalue weighted by atomic mass is 9.67. The SMILES string of the molecule is c1ccc(-c2cc(-c3ccc(-c4cccc(-c5cccc6c5-c5cc7ccccc7cc5C65CCCCC5)c4)cc3)nc(-c3ccccc3)n2)cc1. The number of benzene rings is 7. The average Bonchev–Trinajstić information content (AvgIpc) is 3.48. The lowest BCUT2D eigenvalue weighted by molar-refractivity contribution is 0.353. The number of hydrogen-bond acceptors (Lipinski definition) is 2. The fraction of sp³-hybridized carbons (Fsp3) is 0.120. The van der Waals surface area contributed by atoms with E-state index < -0.39 is 0 Å². The van der Waals surface area contributed by atoms with Crippen LogP contribution < -0.4 is 0 Å². The summed E-state index contributed by atoms with van der Waals surface area (Å²) in [4.78, 5) is 10.0. The van der Waals surface area contributed by atoms with Crippen molar-refractivity contribution >= 4 is 10.8 Å². The van der Waals surface area contributed by atoms with Crippen LogP contribution in [0.15, 0.2) is 170 Å². The summed E-state index contributed by atoms with van der Waals surface area (Å²) in [7, 11) is 0. The van der Waals surface area contributed by atoms with Crippen LogP contribution in [0.3, 0.4) is 0 Å². The molecular formula is C50H38N2. The van der Waals surface area contributed by atoms with Gasteiger partial charge >= 0.3 is 0 Å². The van der Waals surface area contributed by atoms with Crippen LogP contribution >= 0.6 is 0 Å². The van der Waals surface area contributed by atoms with Gasteiger partial charge in [0.1, 0.15) is 0 Å². The van der Waals surface area contributed by atoms with Crippen molar-refractivity contribution in [1.29, 1.82) is 0 Å². The highest BCUT2D eigenvalue weighted by Gasteiger charge is 2.44.